The summed E-state index contributed by atoms with van der Waals surface area (Å²) in [4.78, 5) is 23.8. The van der Waals surface area contributed by atoms with Crippen molar-refractivity contribution in [3.8, 4) is 0 Å². The minimum Gasteiger partial charge on any atom is -0.356 e. The number of nitrogens with one attached hydrogen (secondary N) is 1. The van der Waals surface area contributed by atoms with Crippen LogP contribution in [0.15, 0.2) is 18.2 Å². The molecule has 1 aliphatic carbocycles. The number of amides is 1. The third-order valence-electron chi connectivity index (χ3n) is 3.92. The van der Waals surface area contributed by atoms with E-state index in [1.54, 1.807) is 0 Å². The molecule has 1 aromatic carbocycles. The van der Waals surface area contributed by atoms with E-state index in [1.165, 1.54) is 17.5 Å². The molecule has 1 unspecified atom stereocenters. The van der Waals surface area contributed by atoms with Gasteiger partial charge in [0.25, 0.3) is 0 Å². The highest BCUT2D eigenvalue weighted by atomic mass is 35.5. The molecule has 0 radical (unpaired) electrons. The van der Waals surface area contributed by atoms with Crippen molar-refractivity contribution >= 4 is 24.1 Å². The molecule has 0 saturated carbocycles. The first-order valence-corrected chi connectivity index (χ1v) is 7.73. The Hall–Kier alpha value is -1.39. The molecule has 5 heteroatoms. The molecule has 4 nitrogen and oxygen atoms in total. The zero-order valence-corrected chi connectivity index (χ0v) is 13.9. The van der Waals surface area contributed by atoms with E-state index >= 15 is 0 Å². The second-order valence-electron chi connectivity index (χ2n) is 5.88. The van der Waals surface area contributed by atoms with E-state index in [0.29, 0.717) is 6.54 Å². The summed E-state index contributed by atoms with van der Waals surface area (Å²) >= 11 is 0. The van der Waals surface area contributed by atoms with Crippen LogP contribution in [-0.2, 0) is 17.6 Å². The van der Waals surface area contributed by atoms with Crippen LogP contribution in [0, 0.1) is 0 Å². The molecule has 1 aromatic rings. The molecule has 3 N–H and O–H groups in total. The van der Waals surface area contributed by atoms with Crippen molar-refractivity contribution in [3.63, 3.8) is 0 Å². The number of nitrogens with two attached hydrogens (primary N) is 1. The summed E-state index contributed by atoms with van der Waals surface area (Å²) in [6.07, 6.45) is 4.62. The third-order valence-corrected chi connectivity index (χ3v) is 3.92. The number of Topliss-reactive ketones (excluding diaryl/α,β-unsaturated/α-hetero) is 1. The fraction of sp³-hybridized carbons (Fsp3) is 0.529. The molecule has 0 saturated heterocycles. The molecule has 22 heavy (non-hydrogen) atoms. The van der Waals surface area contributed by atoms with Crippen LogP contribution in [0.5, 0.6) is 0 Å². The smallest absolute Gasteiger partial charge is 0.220 e. The maximum Gasteiger partial charge on any atom is 0.220 e. The Labute approximate surface area is 138 Å². The van der Waals surface area contributed by atoms with E-state index in [1.807, 2.05) is 19.1 Å². The molecule has 0 fully saturated rings. The standard InChI is InChI=1S/C17H24N2O2.ClH/c1-12(18)9-10-19-17(21)8-7-16(20)15-6-5-13-3-2-4-14(13)11-15;/h5-6,11-12H,2-4,7-10,18H2,1H3,(H,19,21);1H. The van der Waals surface area contributed by atoms with Crippen LogP contribution in [0.1, 0.15) is 54.1 Å². The lowest BCUT2D eigenvalue weighted by Gasteiger charge is -2.07. The lowest BCUT2D eigenvalue weighted by molar-refractivity contribution is -0.121. The summed E-state index contributed by atoms with van der Waals surface area (Å²) in [5.74, 6) is -0.0304. The molecule has 1 amide bonds. The van der Waals surface area contributed by atoms with Gasteiger partial charge in [-0.1, -0.05) is 12.1 Å². The maximum absolute atomic E-state index is 12.1. The van der Waals surface area contributed by atoms with Crippen molar-refractivity contribution in [3.05, 3.63) is 34.9 Å². The molecule has 0 aromatic heterocycles. The number of ketones is 1. The normalized spacial score (nSPS) is 13.9. The minimum atomic E-state index is -0.0786. The van der Waals surface area contributed by atoms with Gasteiger partial charge in [0.1, 0.15) is 0 Å². The first-order chi connectivity index (χ1) is 10.1. The van der Waals surface area contributed by atoms with Crippen LogP contribution < -0.4 is 11.1 Å². The van der Waals surface area contributed by atoms with Crippen LogP contribution in [0.25, 0.3) is 0 Å². The molecule has 2 rings (SSSR count). The summed E-state index contributed by atoms with van der Waals surface area (Å²) in [5, 5.41) is 2.79. The number of halogens is 1. The predicted molar refractivity (Wildman–Crippen MR) is 90.6 cm³/mol. The van der Waals surface area contributed by atoms with Crippen molar-refractivity contribution in [2.45, 2.75) is 51.5 Å². The van der Waals surface area contributed by atoms with Gasteiger partial charge < -0.3 is 11.1 Å². The highest BCUT2D eigenvalue weighted by Gasteiger charge is 2.14. The van der Waals surface area contributed by atoms with Crippen molar-refractivity contribution in [1.82, 2.24) is 5.32 Å². The summed E-state index contributed by atoms with van der Waals surface area (Å²) in [6.45, 7) is 2.48. The van der Waals surface area contributed by atoms with Crippen LogP contribution in [-0.4, -0.2) is 24.3 Å². The van der Waals surface area contributed by atoms with E-state index in [-0.39, 0.29) is 43.0 Å². The highest BCUT2D eigenvalue weighted by molar-refractivity contribution is 5.98. The highest BCUT2D eigenvalue weighted by Crippen LogP contribution is 2.23. The zero-order chi connectivity index (χ0) is 15.2. The molecule has 0 aliphatic heterocycles. The van der Waals surface area contributed by atoms with Gasteiger partial charge in [0.05, 0.1) is 0 Å². The van der Waals surface area contributed by atoms with E-state index in [2.05, 4.69) is 11.4 Å². The Morgan fingerprint density at radius 1 is 1.23 bits per heavy atom. The maximum atomic E-state index is 12.1. The number of hydrogen-bond donors (Lipinski definition) is 2. The molecule has 1 atom stereocenters. The molecule has 1 aliphatic rings. The Morgan fingerprint density at radius 3 is 2.68 bits per heavy atom. The second-order valence-corrected chi connectivity index (χ2v) is 5.88. The number of aryl methyl sites for hydroxylation is 2. The number of benzene rings is 1. The van der Waals surface area contributed by atoms with Crippen molar-refractivity contribution in [2.75, 3.05) is 6.54 Å². The largest absolute Gasteiger partial charge is 0.356 e. The van der Waals surface area contributed by atoms with Crippen LogP contribution >= 0.6 is 12.4 Å². The van der Waals surface area contributed by atoms with Crippen LogP contribution in [0.3, 0.4) is 0 Å². The van der Waals surface area contributed by atoms with Crippen LogP contribution in [0.4, 0.5) is 0 Å². The predicted octanol–water partition coefficient (Wildman–Crippen LogP) is 2.41. The summed E-state index contributed by atoms with van der Waals surface area (Å²) in [6, 6.07) is 6.02. The molecule has 0 spiro atoms. The summed E-state index contributed by atoms with van der Waals surface area (Å²) in [7, 11) is 0. The van der Waals surface area contributed by atoms with Gasteiger partial charge in [-0.15, -0.1) is 12.4 Å². The summed E-state index contributed by atoms with van der Waals surface area (Å²) in [5.41, 5.74) is 9.01. The van der Waals surface area contributed by atoms with Crippen molar-refractivity contribution in [2.24, 2.45) is 5.73 Å². The van der Waals surface area contributed by atoms with E-state index in [0.717, 1.165) is 24.8 Å². The fourth-order valence-electron chi connectivity index (χ4n) is 2.64. The van der Waals surface area contributed by atoms with Crippen molar-refractivity contribution < 1.29 is 9.59 Å². The lowest BCUT2D eigenvalue weighted by Crippen LogP contribution is -2.29. The monoisotopic (exact) mass is 324 g/mol. The number of fused-ring (bicyclic) bond motifs is 1. The second kappa shape index (κ2) is 8.91. The van der Waals surface area contributed by atoms with Gasteiger partial charge in [-0.05, 0) is 49.8 Å². The SMILES string of the molecule is CC(N)CCNC(=O)CCC(=O)c1ccc2c(c1)CCC2.Cl. The molecule has 0 heterocycles. The van der Waals surface area contributed by atoms with Gasteiger partial charge in [-0.3, -0.25) is 9.59 Å². The van der Waals surface area contributed by atoms with Gasteiger partial charge in [-0.25, -0.2) is 0 Å². The number of carbonyl (C=O) groups is 2. The lowest BCUT2D eigenvalue weighted by atomic mass is 10.0. The van der Waals surface area contributed by atoms with E-state index in [4.69, 9.17) is 5.73 Å². The van der Waals surface area contributed by atoms with Gasteiger partial charge in [0, 0.05) is 31.0 Å². The minimum absolute atomic E-state index is 0. The zero-order valence-electron chi connectivity index (χ0n) is 13.1. The van der Waals surface area contributed by atoms with Gasteiger partial charge in [0.15, 0.2) is 5.78 Å². The Morgan fingerprint density at radius 2 is 1.95 bits per heavy atom. The van der Waals surface area contributed by atoms with Crippen molar-refractivity contribution in [1.29, 1.82) is 0 Å². The fourth-order valence-corrected chi connectivity index (χ4v) is 2.64. The Bertz CT molecular complexity index is 529. The summed E-state index contributed by atoms with van der Waals surface area (Å²) < 4.78 is 0. The van der Waals surface area contributed by atoms with E-state index in [9.17, 15) is 9.59 Å². The van der Waals surface area contributed by atoms with Gasteiger partial charge in [-0.2, -0.15) is 0 Å². The molecule has 0 bridgehead atoms. The quantitative estimate of drug-likeness (QED) is 0.756. The first kappa shape index (κ1) is 18.7. The average Bonchev–Trinajstić information content (AvgIpc) is 2.91. The molecule has 122 valence electrons. The van der Waals surface area contributed by atoms with Gasteiger partial charge >= 0.3 is 0 Å². The topological polar surface area (TPSA) is 72.2 Å². The first-order valence-electron chi connectivity index (χ1n) is 7.73. The number of rotatable bonds is 7. The molecular weight excluding hydrogens is 300 g/mol. The third kappa shape index (κ3) is 5.43. The average molecular weight is 325 g/mol. The number of carbonyl (C=O) groups excluding carboxylic acids is 2. The van der Waals surface area contributed by atoms with Gasteiger partial charge in [0.2, 0.25) is 5.91 Å². The van der Waals surface area contributed by atoms with E-state index < -0.39 is 0 Å². The molecular formula is C17H25ClN2O2. The van der Waals surface area contributed by atoms with Crippen LogP contribution in [0.2, 0.25) is 0 Å². The number of hydrogen-bond acceptors (Lipinski definition) is 3. The Balaban J connectivity index is 0.00000242. The Kier molecular flexibility index (Phi) is 7.56.